The predicted octanol–water partition coefficient (Wildman–Crippen LogP) is 4.58. The number of rotatable bonds is 8. The highest BCUT2D eigenvalue weighted by molar-refractivity contribution is 6.16. The Morgan fingerprint density at radius 2 is 2.07 bits per heavy atom. The van der Waals surface area contributed by atoms with Gasteiger partial charge in [-0.3, -0.25) is 14.5 Å². The molecular formula is C22H25NO5. The number of nitrogens with zero attached hydrogens (tertiary/aromatic N) is 1. The second kappa shape index (κ2) is 8.33. The molecule has 1 aliphatic rings. The quantitative estimate of drug-likeness (QED) is 0.721. The third kappa shape index (κ3) is 3.81. The fourth-order valence-corrected chi connectivity index (χ4v) is 3.30. The summed E-state index contributed by atoms with van der Waals surface area (Å²) in [7, 11) is 0. The van der Waals surface area contributed by atoms with E-state index in [0.29, 0.717) is 23.8 Å². The Bertz CT molecular complexity index is 882. The van der Waals surface area contributed by atoms with Crippen LogP contribution in [0.15, 0.2) is 58.4 Å². The molecule has 2 heterocycles. The lowest BCUT2D eigenvalue weighted by atomic mass is 9.95. The van der Waals surface area contributed by atoms with Crippen LogP contribution >= 0.6 is 0 Å². The first-order valence-corrected chi connectivity index (χ1v) is 9.50. The number of ketones is 1. The molecular weight excluding hydrogens is 358 g/mol. The van der Waals surface area contributed by atoms with E-state index in [0.717, 1.165) is 6.42 Å². The Hall–Kier alpha value is -3.02. The third-order valence-electron chi connectivity index (χ3n) is 4.48. The topological polar surface area (TPSA) is 80.0 Å². The second-order valence-corrected chi connectivity index (χ2v) is 7.22. The molecule has 0 saturated heterocycles. The molecule has 1 N–H and O–H groups in total. The normalized spacial score (nSPS) is 16.9. The highest BCUT2D eigenvalue weighted by Gasteiger charge is 2.45. The van der Waals surface area contributed by atoms with Crippen LogP contribution in [0.5, 0.6) is 5.75 Å². The number of ether oxygens (including phenoxy) is 1. The van der Waals surface area contributed by atoms with E-state index in [4.69, 9.17) is 9.15 Å². The number of benzene rings is 1. The van der Waals surface area contributed by atoms with E-state index in [9.17, 15) is 14.7 Å². The smallest absolute Gasteiger partial charge is 0.294 e. The number of hydrogen-bond acceptors (Lipinski definition) is 5. The van der Waals surface area contributed by atoms with Crippen LogP contribution in [0.25, 0.3) is 0 Å². The number of hydrogen-bond donors (Lipinski definition) is 1. The molecule has 1 atom stereocenters. The van der Waals surface area contributed by atoms with Gasteiger partial charge in [0.2, 0.25) is 0 Å². The molecule has 1 unspecified atom stereocenters. The molecule has 0 aliphatic carbocycles. The predicted molar refractivity (Wildman–Crippen MR) is 105 cm³/mol. The number of Topliss-reactive ketones (excluding diaryl/α,β-unsaturated/α-hetero) is 1. The molecule has 1 amide bonds. The number of aliphatic hydroxyl groups excluding tert-OH is 1. The van der Waals surface area contributed by atoms with Crippen LogP contribution in [0.4, 0.5) is 5.69 Å². The van der Waals surface area contributed by atoms with E-state index in [1.165, 1.54) is 11.2 Å². The van der Waals surface area contributed by atoms with E-state index >= 15 is 0 Å². The largest absolute Gasteiger partial charge is 0.503 e. The lowest BCUT2D eigenvalue weighted by molar-refractivity contribution is -0.118. The number of aliphatic hydroxyl groups is 1. The molecule has 1 aliphatic heterocycles. The van der Waals surface area contributed by atoms with E-state index < -0.39 is 17.7 Å². The summed E-state index contributed by atoms with van der Waals surface area (Å²) in [6, 6.07) is 9.64. The third-order valence-corrected chi connectivity index (χ3v) is 4.48. The van der Waals surface area contributed by atoms with Crippen LogP contribution in [-0.2, 0) is 9.59 Å². The summed E-state index contributed by atoms with van der Waals surface area (Å²) in [4.78, 5) is 27.1. The Morgan fingerprint density at radius 1 is 1.29 bits per heavy atom. The zero-order valence-corrected chi connectivity index (χ0v) is 16.3. The van der Waals surface area contributed by atoms with Gasteiger partial charge in [-0.25, -0.2) is 0 Å². The number of amides is 1. The zero-order valence-electron chi connectivity index (χ0n) is 16.3. The Labute approximate surface area is 164 Å². The van der Waals surface area contributed by atoms with Crippen LogP contribution in [0.1, 0.15) is 45.4 Å². The highest BCUT2D eigenvalue weighted by atomic mass is 16.5. The van der Waals surface area contributed by atoms with E-state index in [2.05, 4.69) is 0 Å². The summed E-state index contributed by atoms with van der Waals surface area (Å²) >= 11 is 0. The maximum atomic E-state index is 12.9. The number of carbonyl (C=O) groups excluding carboxylic acids is 2. The fourth-order valence-electron chi connectivity index (χ4n) is 3.30. The van der Waals surface area contributed by atoms with Gasteiger partial charge in [0.25, 0.3) is 5.91 Å². The monoisotopic (exact) mass is 383 g/mol. The van der Waals surface area contributed by atoms with Crippen molar-refractivity contribution >= 4 is 17.4 Å². The molecule has 28 heavy (non-hydrogen) atoms. The molecule has 0 fully saturated rings. The number of carbonyl (C=O) groups is 2. The zero-order chi connectivity index (χ0) is 20.3. The molecule has 1 aromatic heterocycles. The molecule has 6 nitrogen and oxygen atoms in total. The van der Waals surface area contributed by atoms with Crippen molar-refractivity contribution in [2.45, 2.75) is 39.7 Å². The van der Waals surface area contributed by atoms with Gasteiger partial charge in [-0.05, 0) is 36.6 Å². The average Bonchev–Trinajstić information content (AvgIpc) is 3.27. The molecule has 2 aromatic rings. The van der Waals surface area contributed by atoms with Crippen LogP contribution in [0.2, 0.25) is 0 Å². The molecule has 3 rings (SSSR count). The van der Waals surface area contributed by atoms with E-state index in [1.807, 2.05) is 20.8 Å². The van der Waals surface area contributed by atoms with Crippen molar-refractivity contribution in [2.24, 2.45) is 5.92 Å². The summed E-state index contributed by atoms with van der Waals surface area (Å²) in [6.07, 6.45) is 2.58. The van der Waals surface area contributed by atoms with Gasteiger partial charge in [0, 0.05) is 18.2 Å². The minimum Gasteiger partial charge on any atom is -0.503 e. The van der Waals surface area contributed by atoms with Gasteiger partial charge in [-0.15, -0.1) is 0 Å². The lowest BCUT2D eigenvalue weighted by Gasteiger charge is -2.25. The minimum atomic E-state index is -0.810. The number of anilines is 1. The van der Waals surface area contributed by atoms with Gasteiger partial charge in [-0.2, -0.15) is 0 Å². The maximum absolute atomic E-state index is 12.9. The molecule has 0 radical (unpaired) electrons. The van der Waals surface area contributed by atoms with Gasteiger partial charge in [0.1, 0.15) is 17.6 Å². The van der Waals surface area contributed by atoms with Crippen molar-refractivity contribution in [3.05, 3.63) is 59.8 Å². The summed E-state index contributed by atoms with van der Waals surface area (Å²) in [6.45, 7) is 6.40. The summed E-state index contributed by atoms with van der Waals surface area (Å²) < 4.78 is 11.2. The Balaban J connectivity index is 2.04. The van der Waals surface area contributed by atoms with Gasteiger partial charge >= 0.3 is 0 Å². The standard InChI is InChI=1S/C22H25NO5/c1-4-10-27-16-8-5-7-15(13-16)23-20(18-9-6-11-28-18)19(21(25)22(23)26)17(24)12-14(2)3/h5-9,11,13-14,20,25H,4,10,12H2,1-3H3. The van der Waals surface area contributed by atoms with Crippen molar-refractivity contribution in [1.82, 2.24) is 0 Å². The Morgan fingerprint density at radius 3 is 2.71 bits per heavy atom. The number of furan rings is 1. The molecule has 0 saturated carbocycles. The Kier molecular flexibility index (Phi) is 5.87. The van der Waals surface area contributed by atoms with E-state index in [1.54, 1.807) is 36.4 Å². The van der Waals surface area contributed by atoms with E-state index in [-0.39, 0.29) is 23.7 Å². The highest BCUT2D eigenvalue weighted by Crippen LogP contribution is 2.42. The van der Waals surface area contributed by atoms with Gasteiger partial charge in [0.05, 0.1) is 18.4 Å². The maximum Gasteiger partial charge on any atom is 0.294 e. The lowest BCUT2D eigenvalue weighted by Crippen LogP contribution is -2.30. The summed E-state index contributed by atoms with van der Waals surface area (Å²) in [5, 5.41) is 10.5. The first-order valence-electron chi connectivity index (χ1n) is 9.50. The summed E-state index contributed by atoms with van der Waals surface area (Å²) in [5.74, 6) is -0.271. The van der Waals surface area contributed by atoms with Crippen molar-refractivity contribution < 1.29 is 23.8 Å². The SMILES string of the molecule is CCCOc1cccc(N2C(=O)C(O)=C(C(=O)CC(C)C)C2c2ccco2)c1. The van der Waals surface area contributed by atoms with Crippen LogP contribution in [0, 0.1) is 5.92 Å². The van der Waals surface area contributed by atoms with Crippen LogP contribution in [0.3, 0.4) is 0 Å². The van der Waals surface area contributed by atoms with Gasteiger partial charge in [-0.1, -0.05) is 26.8 Å². The molecule has 0 bridgehead atoms. The fraction of sp³-hybridized carbons (Fsp3) is 0.364. The van der Waals surface area contributed by atoms with Crippen molar-refractivity contribution in [3.63, 3.8) is 0 Å². The first kappa shape index (κ1) is 19.7. The van der Waals surface area contributed by atoms with Gasteiger partial charge < -0.3 is 14.3 Å². The molecule has 0 spiro atoms. The molecule has 148 valence electrons. The van der Waals surface area contributed by atoms with Crippen LogP contribution in [-0.4, -0.2) is 23.4 Å². The average molecular weight is 383 g/mol. The van der Waals surface area contributed by atoms with Crippen molar-refractivity contribution in [2.75, 3.05) is 11.5 Å². The summed E-state index contributed by atoms with van der Waals surface area (Å²) in [5.41, 5.74) is 0.604. The minimum absolute atomic E-state index is 0.0773. The second-order valence-electron chi connectivity index (χ2n) is 7.22. The van der Waals surface area contributed by atoms with Gasteiger partial charge in [0.15, 0.2) is 11.5 Å². The molecule has 1 aromatic carbocycles. The van der Waals surface area contributed by atoms with Crippen LogP contribution < -0.4 is 9.64 Å². The molecule has 6 heteroatoms. The first-order chi connectivity index (χ1) is 13.4. The van der Waals surface area contributed by atoms with Crippen molar-refractivity contribution in [3.8, 4) is 5.75 Å². The van der Waals surface area contributed by atoms with Crippen molar-refractivity contribution in [1.29, 1.82) is 0 Å².